The maximum absolute atomic E-state index is 11.0. The first kappa shape index (κ1) is 12.7. The molecule has 2 aliphatic carbocycles. The highest BCUT2D eigenvalue weighted by Gasteiger charge is 2.44. The molecule has 0 spiro atoms. The minimum Gasteiger partial charge on any atom is -0.481 e. The van der Waals surface area contributed by atoms with Crippen molar-refractivity contribution in [1.29, 1.82) is 0 Å². The van der Waals surface area contributed by atoms with E-state index in [9.17, 15) is 4.79 Å². The molecule has 0 bridgehead atoms. The molecule has 2 aliphatic rings. The largest absolute Gasteiger partial charge is 0.481 e. The smallest absolute Gasteiger partial charge is 0.303 e. The molecule has 0 aromatic heterocycles. The first-order chi connectivity index (χ1) is 9.14. The van der Waals surface area contributed by atoms with Gasteiger partial charge in [0.05, 0.1) is 12.0 Å². The Labute approximate surface area is 113 Å². The molecular formula is C16H20O3. The van der Waals surface area contributed by atoms with E-state index in [1.54, 1.807) is 7.11 Å². The van der Waals surface area contributed by atoms with Gasteiger partial charge >= 0.3 is 5.97 Å². The molecule has 0 saturated heterocycles. The zero-order chi connectivity index (χ0) is 13.5. The lowest BCUT2D eigenvalue weighted by Crippen LogP contribution is -2.11. The molecule has 0 radical (unpaired) electrons. The van der Waals surface area contributed by atoms with Crippen molar-refractivity contribution in [3.63, 3.8) is 0 Å². The van der Waals surface area contributed by atoms with E-state index < -0.39 is 5.97 Å². The zero-order valence-electron chi connectivity index (χ0n) is 11.3. The number of carboxylic acids is 1. The van der Waals surface area contributed by atoms with Crippen molar-refractivity contribution in [3.05, 3.63) is 35.4 Å². The minimum absolute atomic E-state index is 0.0552. The highest BCUT2D eigenvalue weighted by molar-refractivity contribution is 5.68. The second-order valence-electron chi connectivity index (χ2n) is 5.86. The molecule has 1 atom stereocenters. The van der Waals surface area contributed by atoms with Crippen LogP contribution in [0.15, 0.2) is 24.3 Å². The molecular weight excluding hydrogens is 240 g/mol. The van der Waals surface area contributed by atoms with Gasteiger partial charge in [-0.1, -0.05) is 24.3 Å². The van der Waals surface area contributed by atoms with Gasteiger partial charge in [0.1, 0.15) is 0 Å². The number of hydrogen-bond donors (Lipinski definition) is 1. The van der Waals surface area contributed by atoms with Gasteiger partial charge in [0.2, 0.25) is 0 Å². The lowest BCUT2D eigenvalue weighted by Gasteiger charge is -2.17. The van der Waals surface area contributed by atoms with Crippen molar-refractivity contribution in [1.82, 2.24) is 0 Å². The van der Waals surface area contributed by atoms with Gasteiger partial charge in [-0.15, -0.1) is 0 Å². The van der Waals surface area contributed by atoms with Crippen molar-refractivity contribution in [2.24, 2.45) is 5.92 Å². The van der Waals surface area contributed by atoms with Crippen LogP contribution in [-0.4, -0.2) is 18.2 Å². The molecule has 1 aromatic rings. The molecule has 102 valence electrons. The summed E-state index contributed by atoms with van der Waals surface area (Å²) in [7, 11) is 1.76. The van der Waals surface area contributed by atoms with Crippen molar-refractivity contribution >= 4 is 5.97 Å². The van der Waals surface area contributed by atoms with E-state index in [0.717, 1.165) is 12.8 Å². The summed E-state index contributed by atoms with van der Waals surface area (Å²) in [6.07, 6.45) is 4.76. The molecule has 1 N–H and O–H groups in total. The van der Waals surface area contributed by atoms with Gasteiger partial charge < -0.3 is 9.84 Å². The van der Waals surface area contributed by atoms with Crippen LogP contribution in [0, 0.1) is 5.92 Å². The molecule has 1 unspecified atom stereocenters. The van der Waals surface area contributed by atoms with E-state index >= 15 is 0 Å². The predicted octanol–water partition coefficient (Wildman–Crippen LogP) is 3.29. The lowest BCUT2D eigenvalue weighted by molar-refractivity contribution is -0.137. The number of benzene rings is 1. The second kappa shape index (κ2) is 4.64. The third-order valence-electron chi connectivity index (χ3n) is 4.55. The molecule has 2 saturated carbocycles. The van der Waals surface area contributed by atoms with Crippen LogP contribution in [0.3, 0.4) is 0 Å². The number of ether oxygens (including phenoxy) is 1. The SMILES string of the molecule is COC1(c2ccc(C(CC(=O)O)C3CC3)cc2)CC1. The zero-order valence-corrected chi connectivity index (χ0v) is 11.3. The third kappa shape index (κ3) is 2.52. The van der Waals surface area contributed by atoms with Crippen LogP contribution in [0.25, 0.3) is 0 Å². The lowest BCUT2D eigenvalue weighted by atomic mass is 9.90. The molecule has 3 nitrogen and oxygen atoms in total. The number of methoxy groups -OCH3 is 1. The van der Waals surface area contributed by atoms with E-state index in [4.69, 9.17) is 9.84 Å². The highest BCUT2D eigenvalue weighted by atomic mass is 16.5. The van der Waals surface area contributed by atoms with E-state index in [1.807, 2.05) is 0 Å². The van der Waals surface area contributed by atoms with Crippen molar-refractivity contribution in [2.45, 2.75) is 43.6 Å². The van der Waals surface area contributed by atoms with E-state index in [-0.39, 0.29) is 17.9 Å². The van der Waals surface area contributed by atoms with Crippen LogP contribution in [-0.2, 0) is 15.1 Å². The second-order valence-corrected chi connectivity index (χ2v) is 5.86. The molecule has 0 amide bonds. The summed E-state index contributed by atoms with van der Waals surface area (Å²) in [6, 6.07) is 8.42. The monoisotopic (exact) mass is 260 g/mol. The summed E-state index contributed by atoms with van der Waals surface area (Å²) in [4.78, 5) is 11.0. The fraction of sp³-hybridized carbons (Fsp3) is 0.562. The Hall–Kier alpha value is -1.35. The van der Waals surface area contributed by atoms with E-state index in [2.05, 4.69) is 24.3 Å². The quantitative estimate of drug-likeness (QED) is 0.853. The number of carboxylic acid groups (broad SMARTS) is 1. The van der Waals surface area contributed by atoms with Crippen LogP contribution in [0.2, 0.25) is 0 Å². The summed E-state index contributed by atoms with van der Waals surface area (Å²) in [5.74, 6) is 0.0556. The van der Waals surface area contributed by atoms with Crippen LogP contribution in [0.5, 0.6) is 0 Å². The molecule has 2 fully saturated rings. The first-order valence-electron chi connectivity index (χ1n) is 7.02. The fourth-order valence-corrected chi connectivity index (χ4v) is 3.00. The van der Waals surface area contributed by atoms with Crippen molar-refractivity contribution in [2.75, 3.05) is 7.11 Å². The van der Waals surface area contributed by atoms with Gasteiger partial charge in [0, 0.05) is 7.11 Å². The van der Waals surface area contributed by atoms with E-state index in [0.29, 0.717) is 5.92 Å². The fourth-order valence-electron chi connectivity index (χ4n) is 3.00. The molecule has 19 heavy (non-hydrogen) atoms. The van der Waals surface area contributed by atoms with Gasteiger partial charge in [0.15, 0.2) is 0 Å². The Morgan fingerprint density at radius 2 is 2.00 bits per heavy atom. The average Bonchev–Trinajstić information content (AvgIpc) is 3.29. The maximum atomic E-state index is 11.0. The Morgan fingerprint density at radius 1 is 1.37 bits per heavy atom. The van der Waals surface area contributed by atoms with Gasteiger partial charge in [-0.25, -0.2) is 0 Å². The molecule has 1 aromatic carbocycles. The normalized spacial score (nSPS) is 21.9. The number of hydrogen-bond acceptors (Lipinski definition) is 2. The minimum atomic E-state index is -0.698. The average molecular weight is 260 g/mol. The molecule has 0 heterocycles. The number of carbonyl (C=O) groups is 1. The van der Waals surface area contributed by atoms with Crippen molar-refractivity contribution in [3.8, 4) is 0 Å². The Morgan fingerprint density at radius 3 is 2.42 bits per heavy atom. The third-order valence-corrected chi connectivity index (χ3v) is 4.55. The highest BCUT2D eigenvalue weighted by Crippen LogP contribution is 2.49. The van der Waals surface area contributed by atoms with Gasteiger partial charge in [-0.3, -0.25) is 4.79 Å². The maximum Gasteiger partial charge on any atom is 0.303 e. The Kier molecular flexibility index (Phi) is 3.09. The van der Waals surface area contributed by atoms with Crippen LogP contribution < -0.4 is 0 Å². The Bertz CT molecular complexity index is 469. The van der Waals surface area contributed by atoms with E-state index in [1.165, 1.54) is 24.0 Å². The van der Waals surface area contributed by atoms with Crippen molar-refractivity contribution < 1.29 is 14.6 Å². The Balaban J connectivity index is 1.78. The summed E-state index contributed by atoms with van der Waals surface area (Å²) in [5.41, 5.74) is 2.34. The number of rotatable bonds is 6. The summed E-state index contributed by atoms with van der Waals surface area (Å²) < 4.78 is 5.57. The van der Waals surface area contributed by atoms with Gasteiger partial charge in [-0.2, -0.15) is 0 Å². The first-order valence-corrected chi connectivity index (χ1v) is 7.02. The molecule has 3 rings (SSSR count). The summed E-state index contributed by atoms with van der Waals surface area (Å²) in [5, 5.41) is 9.03. The van der Waals surface area contributed by atoms with Crippen LogP contribution >= 0.6 is 0 Å². The number of aliphatic carboxylic acids is 1. The molecule has 3 heteroatoms. The predicted molar refractivity (Wildman–Crippen MR) is 72.1 cm³/mol. The molecule has 0 aliphatic heterocycles. The summed E-state index contributed by atoms with van der Waals surface area (Å²) >= 11 is 0. The topological polar surface area (TPSA) is 46.5 Å². The van der Waals surface area contributed by atoms with Gasteiger partial charge in [0.25, 0.3) is 0 Å². The van der Waals surface area contributed by atoms with Crippen LogP contribution in [0.1, 0.15) is 49.1 Å². The standard InChI is InChI=1S/C16H20O3/c1-19-16(8-9-16)13-6-4-12(5-7-13)14(10-15(17)18)11-2-3-11/h4-7,11,14H,2-3,8-10H2,1H3,(H,17,18). The van der Waals surface area contributed by atoms with Crippen LogP contribution in [0.4, 0.5) is 0 Å². The summed E-state index contributed by atoms with van der Waals surface area (Å²) in [6.45, 7) is 0. The van der Waals surface area contributed by atoms with Gasteiger partial charge in [-0.05, 0) is 48.6 Å².